The van der Waals surface area contributed by atoms with Gasteiger partial charge >= 0.3 is 0 Å². The smallest absolute Gasteiger partial charge is 0.239 e. The number of carbonyl (C=O) groups excluding carboxylic acids is 1. The first-order chi connectivity index (χ1) is 8.58. The Kier molecular flexibility index (Phi) is 5.06. The van der Waals surface area contributed by atoms with Crippen LogP contribution in [0.3, 0.4) is 0 Å². The molecule has 0 spiro atoms. The van der Waals surface area contributed by atoms with Crippen LogP contribution in [-0.4, -0.2) is 35.0 Å². The molecule has 1 aromatic rings. The van der Waals surface area contributed by atoms with Crippen LogP contribution in [0.1, 0.15) is 26.5 Å². The number of aromatic nitrogens is 2. The van der Waals surface area contributed by atoms with E-state index in [1.54, 1.807) is 4.90 Å². The van der Waals surface area contributed by atoms with Gasteiger partial charge in [-0.2, -0.15) is 5.26 Å². The number of anilines is 1. The topological polar surface area (TPSA) is 81.9 Å². The second kappa shape index (κ2) is 6.55. The van der Waals surface area contributed by atoms with Crippen LogP contribution < -0.4 is 10.2 Å². The molecule has 1 heterocycles. The Balaban J connectivity index is 2.84. The van der Waals surface area contributed by atoms with Gasteiger partial charge in [0.25, 0.3) is 0 Å². The summed E-state index contributed by atoms with van der Waals surface area (Å²) in [7, 11) is 0. The van der Waals surface area contributed by atoms with Gasteiger partial charge in [-0.1, -0.05) is 0 Å². The highest BCUT2D eigenvalue weighted by atomic mass is 16.2. The van der Waals surface area contributed by atoms with Gasteiger partial charge in [0, 0.05) is 25.0 Å². The summed E-state index contributed by atoms with van der Waals surface area (Å²) in [5.74, 6) is 0.350. The van der Waals surface area contributed by atoms with E-state index in [0.717, 1.165) is 0 Å². The maximum Gasteiger partial charge on any atom is 0.239 e. The van der Waals surface area contributed by atoms with Crippen molar-refractivity contribution in [1.29, 1.82) is 5.26 Å². The first kappa shape index (κ1) is 13.9. The second-order valence-electron chi connectivity index (χ2n) is 4.08. The van der Waals surface area contributed by atoms with Crippen LogP contribution in [0.5, 0.6) is 0 Å². The van der Waals surface area contributed by atoms with Crippen molar-refractivity contribution in [2.45, 2.75) is 26.8 Å². The molecule has 0 aliphatic rings. The lowest BCUT2D eigenvalue weighted by Gasteiger charge is -2.22. The number of amides is 1. The lowest BCUT2D eigenvalue weighted by Crippen LogP contribution is -2.40. The fraction of sp³-hybridized carbons (Fsp3) is 0.500. The zero-order valence-corrected chi connectivity index (χ0v) is 10.8. The molecule has 1 aromatic heterocycles. The number of rotatable bonds is 5. The van der Waals surface area contributed by atoms with Crippen molar-refractivity contribution in [3.63, 3.8) is 0 Å². The number of hydrogen-bond donors (Lipinski definition) is 1. The molecule has 0 radical (unpaired) electrons. The fourth-order valence-corrected chi connectivity index (χ4v) is 1.52. The molecule has 0 saturated heterocycles. The predicted octanol–water partition coefficient (Wildman–Crippen LogP) is 0.699. The first-order valence-electron chi connectivity index (χ1n) is 5.83. The van der Waals surface area contributed by atoms with Crippen LogP contribution in [0.15, 0.2) is 12.4 Å². The summed E-state index contributed by atoms with van der Waals surface area (Å²) >= 11 is 0. The monoisotopic (exact) mass is 247 g/mol. The van der Waals surface area contributed by atoms with Gasteiger partial charge in [-0.15, -0.1) is 0 Å². The molecule has 1 rings (SSSR count). The van der Waals surface area contributed by atoms with Gasteiger partial charge in [-0.3, -0.25) is 4.79 Å². The molecule has 0 atom stereocenters. The molecule has 0 bridgehead atoms. The van der Waals surface area contributed by atoms with Gasteiger partial charge in [0.15, 0.2) is 11.5 Å². The molecule has 6 heteroatoms. The number of nitrogens with one attached hydrogen (secondary N) is 1. The molecule has 0 aliphatic carbocycles. The highest BCUT2D eigenvalue weighted by Crippen LogP contribution is 2.12. The minimum Gasteiger partial charge on any atom is -0.352 e. The lowest BCUT2D eigenvalue weighted by molar-refractivity contribution is -0.120. The van der Waals surface area contributed by atoms with Crippen molar-refractivity contribution in [3.05, 3.63) is 18.1 Å². The number of carbonyl (C=O) groups is 1. The van der Waals surface area contributed by atoms with E-state index in [-0.39, 0.29) is 24.2 Å². The average Bonchev–Trinajstić information content (AvgIpc) is 2.35. The van der Waals surface area contributed by atoms with Crippen molar-refractivity contribution < 1.29 is 4.79 Å². The van der Waals surface area contributed by atoms with E-state index in [1.807, 2.05) is 26.8 Å². The molecule has 0 aromatic carbocycles. The van der Waals surface area contributed by atoms with E-state index in [9.17, 15) is 4.79 Å². The fourth-order valence-electron chi connectivity index (χ4n) is 1.52. The number of nitrogens with zero attached hydrogens (tertiary/aromatic N) is 4. The zero-order chi connectivity index (χ0) is 13.5. The quantitative estimate of drug-likeness (QED) is 0.828. The molecule has 0 saturated carbocycles. The second-order valence-corrected chi connectivity index (χ2v) is 4.08. The largest absolute Gasteiger partial charge is 0.352 e. The van der Waals surface area contributed by atoms with E-state index in [1.165, 1.54) is 12.4 Å². The SMILES string of the molecule is CCN(CC(=O)NC(C)C)c1nccnc1C#N. The van der Waals surface area contributed by atoms with E-state index in [0.29, 0.717) is 12.4 Å². The summed E-state index contributed by atoms with van der Waals surface area (Å²) in [6.07, 6.45) is 2.98. The molecule has 0 unspecified atom stereocenters. The lowest BCUT2D eigenvalue weighted by atomic mass is 10.3. The Labute approximate surface area is 107 Å². The Morgan fingerprint density at radius 1 is 1.50 bits per heavy atom. The molecule has 1 amide bonds. The van der Waals surface area contributed by atoms with Gasteiger partial charge in [0.1, 0.15) is 6.07 Å². The van der Waals surface area contributed by atoms with Gasteiger partial charge < -0.3 is 10.2 Å². The number of likely N-dealkylation sites (N-methyl/N-ethyl adjacent to an activating group) is 1. The number of nitriles is 1. The van der Waals surface area contributed by atoms with Gasteiger partial charge in [-0.05, 0) is 20.8 Å². The normalized spacial score (nSPS) is 9.94. The molecule has 96 valence electrons. The maximum atomic E-state index is 11.7. The van der Waals surface area contributed by atoms with Gasteiger partial charge in [-0.25, -0.2) is 9.97 Å². The Hall–Kier alpha value is -2.16. The standard InChI is InChI=1S/C12H17N5O/c1-4-17(8-11(18)16-9(2)3)12-10(7-13)14-5-6-15-12/h5-6,9H,4,8H2,1-3H3,(H,16,18). The minimum absolute atomic E-state index is 0.0912. The number of hydrogen-bond acceptors (Lipinski definition) is 5. The summed E-state index contributed by atoms with van der Waals surface area (Å²) in [5.41, 5.74) is 0.233. The summed E-state index contributed by atoms with van der Waals surface area (Å²) in [5, 5.41) is 11.8. The Morgan fingerprint density at radius 2 is 2.17 bits per heavy atom. The van der Waals surface area contributed by atoms with Crippen LogP contribution in [0, 0.1) is 11.3 Å². The third kappa shape index (κ3) is 3.70. The summed E-state index contributed by atoms with van der Waals surface area (Å²) in [6, 6.07) is 2.07. The van der Waals surface area contributed by atoms with Crippen molar-refractivity contribution in [1.82, 2.24) is 15.3 Å². The van der Waals surface area contributed by atoms with E-state index in [4.69, 9.17) is 5.26 Å². The van der Waals surface area contributed by atoms with Gasteiger partial charge in [0.05, 0.1) is 6.54 Å². The van der Waals surface area contributed by atoms with Crippen molar-refractivity contribution in [3.8, 4) is 6.07 Å². The minimum atomic E-state index is -0.0959. The zero-order valence-electron chi connectivity index (χ0n) is 10.8. The van der Waals surface area contributed by atoms with Crippen LogP contribution in [-0.2, 0) is 4.79 Å². The van der Waals surface area contributed by atoms with Crippen molar-refractivity contribution in [2.24, 2.45) is 0 Å². The molecule has 0 aliphatic heterocycles. The van der Waals surface area contributed by atoms with Crippen LogP contribution in [0.4, 0.5) is 5.82 Å². The third-order valence-corrected chi connectivity index (χ3v) is 2.25. The Bertz CT molecular complexity index is 452. The van der Waals surface area contributed by atoms with E-state index >= 15 is 0 Å². The molecular formula is C12H17N5O. The first-order valence-corrected chi connectivity index (χ1v) is 5.83. The molecule has 18 heavy (non-hydrogen) atoms. The van der Waals surface area contributed by atoms with Crippen molar-refractivity contribution >= 4 is 11.7 Å². The van der Waals surface area contributed by atoms with Crippen LogP contribution in [0.2, 0.25) is 0 Å². The summed E-state index contributed by atoms with van der Waals surface area (Å²) < 4.78 is 0. The predicted molar refractivity (Wildman–Crippen MR) is 67.9 cm³/mol. The maximum absolute atomic E-state index is 11.7. The third-order valence-electron chi connectivity index (χ3n) is 2.25. The van der Waals surface area contributed by atoms with E-state index in [2.05, 4.69) is 15.3 Å². The molecular weight excluding hydrogens is 230 g/mol. The summed E-state index contributed by atoms with van der Waals surface area (Å²) in [4.78, 5) is 21.5. The molecule has 6 nitrogen and oxygen atoms in total. The summed E-state index contributed by atoms with van der Waals surface area (Å²) in [6.45, 7) is 6.45. The van der Waals surface area contributed by atoms with Crippen LogP contribution in [0.25, 0.3) is 0 Å². The van der Waals surface area contributed by atoms with E-state index < -0.39 is 0 Å². The molecule has 1 N–H and O–H groups in total. The van der Waals surface area contributed by atoms with Crippen molar-refractivity contribution in [2.75, 3.05) is 18.0 Å². The highest BCUT2D eigenvalue weighted by molar-refractivity contribution is 5.81. The average molecular weight is 247 g/mol. The molecule has 0 fully saturated rings. The Morgan fingerprint density at radius 3 is 2.72 bits per heavy atom. The van der Waals surface area contributed by atoms with Crippen LogP contribution >= 0.6 is 0 Å². The van der Waals surface area contributed by atoms with Gasteiger partial charge in [0.2, 0.25) is 5.91 Å². The highest BCUT2D eigenvalue weighted by Gasteiger charge is 2.15.